The molecular formula is C11H11F3N2O. The molecule has 0 bridgehead atoms. The van der Waals surface area contributed by atoms with E-state index in [1.807, 2.05) is 0 Å². The number of ether oxygens (including phenoxy) is 1. The van der Waals surface area contributed by atoms with Crippen LogP contribution in [0.3, 0.4) is 0 Å². The normalized spacial score (nSPS) is 15.4. The fraction of sp³-hybridized carbons (Fsp3) is 0.364. The van der Waals surface area contributed by atoms with Gasteiger partial charge in [-0.1, -0.05) is 12.1 Å². The second-order valence-corrected chi connectivity index (χ2v) is 3.58. The van der Waals surface area contributed by atoms with Gasteiger partial charge in [0, 0.05) is 6.54 Å². The van der Waals surface area contributed by atoms with E-state index in [-0.39, 0.29) is 0 Å². The fourth-order valence-electron chi connectivity index (χ4n) is 1.43. The molecule has 2 rings (SSSR count). The Morgan fingerprint density at radius 2 is 1.94 bits per heavy atom. The third-order valence-electron chi connectivity index (χ3n) is 2.31. The van der Waals surface area contributed by atoms with Crippen LogP contribution in [0.4, 0.5) is 13.2 Å². The minimum absolute atomic E-state index is 0.400. The van der Waals surface area contributed by atoms with Crippen molar-refractivity contribution in [1.29, 1.82) is 0 Å². The SMILES string of the molecule is FC(F)(F)c1ccc(CNC2=NCCO2)cc1. The number of halogens is 3. The minimum atomic E-state index is -4.29. The van der Waals surface area contributed by atoms with Crippen LogP contribution < -0.4 is 5.32 Å². The van der Waals surface area contributed by atoms with Crippen molar-refractivity contribution in [2.75, 3.05) is 13.2 Å². The zero-order valence-corrected chi connectivity index (χ0v) is 8.92. The van der Waals surface area contributed by atoms with Crippen LogP contribution in [0.1, 0.15) is 11.1 Å². The van der Waals surface area contributed by atoms with Crippen molar-refractivity contribution < 1.29 is 17.9 Å². The highest BCUT2D eigenvalue weighted by Crippen LogP contribution is 2.28. The zero-order valence-electron chi connectivity index (χ0n) is 8.92. The van der Waals surface area contributed by atoms with Crippen LogP contribution in [0.25, 0.3) is 0 Å². The summed E-state index contributed by atoms with van der Waals surface area (Å²) in [4.78, 5) is 4.01. The number of amidine groups is 1. The minimum Gasteiger partial charge on any atom is -0.463 e. The summed E-state index contributed by atoms with van der Waals surface area (Å²) in [5.41, 5.74) is 0.104. The molecule has 0 radical (unpaired) electrons. The Kier molecular flexibility index (Phi) is 3.21. The Balaban J connectivity index is 1.94. The fourth-order valence-corrected chi connectivity index (χ4v) is 1.43. The van der Waals surface area contributed by atoms with Crippen LogP contribution in [0.2, 0.25) is 0 Å². The van der Waals surface area contributed by atoms with Crippen molar-refractivity contribution in [2.24, 2.45) is 4.99 Å². The topological polar surface area (TPSA) is 33.6 Å². The van der Waals surface area contributed by atoms with Gasteiger partial charge in [0.05, 0.1) is 12.1 Å². The van der Waals surface area contributed by atoms with Crippen LogP contribution in [0.15, 0.2) is 29.3 Å². The lowest BCUT2D eigenvalue weighted by Gasteiger charge is -2.08. The van der Waals surface area contributed by atoms with Crippen LogP contribution in [-0.4, -0.2) is 19.2 Å². The Morgan fingerprint density at radius 1 is 1.24 bits per heavy atom. The molecule has 17 heavy (non-hydrogen) atoms. The molecule has 1 aromatic carbocycles. The summed E-state index contributed by atoms with van der Waals surface area (Å²) in [6.07, 6.45) is -4.29. The molecule has 0 saturated carbocycles. The van der Waals surface area contributed by atoms with Gasteiger partial charge < -0.3 is 10.1 Å². The summed E-state index contributed by atoms with van der Waals surface area (Å²) in [6.45, 7) is 1.57. The molecule has 0 aromatic heterocycles. The number of benzene rings is 1. The Morgan fingerprint density at radius 3 is 2.47 bits per heavy atom. The maximum absolute atomic E-state index is 12.3. The Hall–Kier alpha value is -1.72. The van der Waals surface area contributed by atoms with Crippen molar-refractivity contribution in [1.82, 2.24) is 5.32 Å². The summed E-state index contributed by atoms with van der Waals surface area (Å²) >= 11 is 0. The number of rotatable bonds is 2. The van der Waals surface area contributed by atoms with E-state index < -0.39 is 11.7 Å². The van der Waals surface area contributed by atoms with Gasteiger partial charge in [-0.15, -0.1) is 0 Å². The molecule has 1 aromatic rings. The smallest absolute Gasteiger partial charge is 0.416 e. The van der Waals surface area contributed by atoms with E-state index in [1.54, 1.807) is 0 Å². The van der Waals surface area contributed by atoms with E-state index in [2.05, 4.69) is 10.3 Å². The molecule has 6 heteroatoms. The van der Waals surface area contributed by atoms with E-state index in [1.165, 1.54) is 12.1 Å². The molecule has 0 fully saturated rings. The quantitative estimate of drug-likeness (QED) is 0.865. The molecule has 1 aliphatic rings. The van der Waals surface area contributed by atoms with Gasteiger partial charge in [0.1, 0.15) is 6.61 Å². The highest BCUT2D eigenvalue weighted by atomic mass is 19.4. The van der Waals surface area contributed by atoms with Crippen LogP contribution in [0, 0.1) is 0 Å². The zero-order chi connectivity index (χ0) is 12.3. The maximum atomic E-state index is 12.3. The summed E-state index contributed by atoms with van der Waals surface area (Å²) in [7, 11) is 0. The first kappa shape index (κ1) is 11.8. The number of nitrogens with one attached hydrogen (secondary N) is 1. The number of hydrogen-bond acceptors (Lipinski definition) is 3. The number of aliphatic imine (C=N–C) groups is 1. The van der Waals surface area contributed by atoms with Gasteiger partial charge in [-0.3, -0.25) is 0 Å². The molecular weight excluding hydrogens is 233 g/mol. The Labute approximate surface area is 96.3 Å². The molecule has 3 nitrogen and oxygen atoms in total. The first-order valence-corrected chi connectivity index (χ1v) is 5.13. The molecule has 0 atom stereocenters. The van der Waals surface area contributed by atoms with E-state index in [0.29, 0.717) is 25.7 Å². The molecule has 1 heterocycles. The van der Waals surface area contributed by atoms with Gasteiger partial charge in [0.25, 0.3) is 6.02 Å². The predicted octanol–water partition coefficient (Wildman–Crippen LogP) is 2.18. The highest BCUT2D eigenvalue weighted by Gasteiger charge is 2.29. The van der Waals surface area contributed by atoms with Crippen molar-refractivity contribution in [3.05, 3.63) is 35.4 Å². The lowest BCUT2D eigenvalue weighted by molar-refractivity contribution is -0.137. The summed E-state index contributed by atoms with van der Waals surface area (Å²) in [6, 6.07) is 5.45. The Bertz CT molecular complexity index is 412. The van der Waals surface area contributed by atoms with Crippen molar-refractivity contribution in [3.63, 3.8) is 0 Å². The molecule has 92 valence electrons. The lowest BCUT2D eigenvalue weighted by atomic mass is 10.1. The van der Waals surface area contributed by atoms with E-state index in [0.717, 1.165) is 17.7 Å². The molecule has 0 aliphatic carbocycles. The largest absolute Gasteiger partial charge is 0.463 e. The van der Waals surface area contributed by atoms with Crippen molar-refractivity contribution in [2.45, 2.75) is 12.7 Å². The number of alkyl halides is 3. The number of nitrogens with zero attached hydrogens (tertiary/aromatic N) is 1. The highest BCUT2D eigenvalue weighted by molar-refractivity contribution is 5.74. The summed E-state index contributed by atoms with van der Waals surface area (Å²) < 4.78 is 42.0. The molecule has 1 N–H and O–H groups in total. The van der Waals surface area contributed by atoms with E-state index in [4.69, 9.17) is 4.74 Å². The van der Waals surface area contributed by atoms with Crippen LogP contribution in [-0.2, 0) is 17.5 Å². The first-order valence-electron chi connectivity index (χ1n) is 5.13. The second kappa shape index (κ2) is 4.65. The molecule has 0 amide bonds. The standard InChI is InChI=1S/C11H11F3N2O/c12-11(13,14)9-3-1-8(2-4-9)7-16-10-15-5-6-17-10/h1-4H,5-7H2,(H,15,16). The lowest BCUT2D eigenvalue weighted by Crippen LogP contribution is -2.22. The van der Waals surface area contributed by atoms with Crippen LogP contribution in [0.5, 0.6) is 0 Å². The van der Waals surface area contributed by atoms with Gasteiger partial charge in [-0.2, -0.15) is 13.2 Å². The van der Waals surface area contributed by atoms with Crippen LogP contribution >= 0.6 is 0 Å². The average Bonchev–Trinajstić information content (AvgIpc) is 2.78. The first-order chi connectivity index (χ1) is 8.05. The van der Waals surface area contributed by atoms with Crippen molar-refractivity contribution in [3.8, 4) is 0 Å². The van der Waals surface area contributed by atoms with Gasteiger partial charge in [-0.25, -0.2) is 4.99 Å². The van der Waals surface area contributed by atoms with Gasteiger partial charge >= 0.3 is 6.18 Å². The van der Waals surface area contributed by atoms with E-state index >= 15 is 0 Å². The monoisotopic (exact) mass is 244 g/mol. The summed E-state index contributed by atoms with van der Waals surface area (Å²) in [5.74, 6) is 0. The third-order valence-corrected chi connectivity index (χ3v) is 2.31. The maximum Gasteiger partial charge on any atom is 0.416 e. The van der Waals surface area contributed by atoms with Gasteiger partial charge in [-0.05, 0) is 17.7 Å². The van der Waals surface area contributed by atoms with Gasteiger partial charge in [0.15, 0.2) is 0 Å². The van der Waals surface area contributed by atoms with Crippen molar-refractivity contribution >= 4 is 6.02 Å². The van der Waals surface area contributed by atoms with Gasteiger partial charge in [0.2, 0.25) is 0 Å². The second-order valence-electron chi connectivity index (χ2n) is 3.58. The van der Waals surface area contributed by atoms with E-state index in [9.17, 15) is 13.2 Å². The molecule has 0 spiro atoms. The third kappa shape index (κ3) is 3.12. The average molecular weight is 244 g/mol. The number of hydrogen-bond donors (Lipinski definition) is 1. The summed E-state index contributed by atoms with van der Waals surface area (Å²) in [5, 5.41) is 2.90. The molecule has 1 aliphatic heterocycles. The predicted molar refractivity (Wildman–Crippen MR) is 56.5 cm³/mol. The molecule has 0 saturated heterocycles. The molecule has 0 unspecified atom stereocenters.